The summed E-state index contributed by atoms with van der Waals surface area (Å²) in [4.78, 5) is 18.0. The summed E-state index contributed by atoms with van der Waals surface area (Å²) in [7, 11) is 3.15. The largest absolute Gasteiger partial charge is 0.493 e. The second-order valence-corrected chi connectivity index (χ2v) is 7.06. The van der Waals surface area contributed by atoms with E-state index in [9.17, 15) is 4.79 Å². The predicted octanol–water partition coefficient (Wildman–Crippen LogP) is 4.48. The molecule has 152 valence electrons. The summed E-state index contributed by atoms with van der Waals surface area (Å²) in [5.41, 5.74) is 5.35. The van der Waals surface area contributed by atoms with Crippen LogP contribution in [0, 0.1) is 0 Å². The Hall–Kier alpha value is -3.51. The lowest BCUT2D eigenvalue weighted by molar-refractivity contribution is 0.355. The minimum Gasteiger partial charge on any atom is -0.493 e. The fourth-order valence-corrected chi connectivity index (χ4v) is 3.35. The van der Waals surface area contributed by atoms with Crippen LogP contribution in [-0.2, 0) is 6.54 Å². The molecule has 0 saturated heterocycles. The second kappa shape index (κ2) is 8.47. The topological polar surface area (TPSA) is 65.4 Å². The van der Waals surface area contributed by atoms with Crippen molar-refractivity contribution in [3.63, 3.8) is 0 Å². The maximum atomic E-state index is 13.3. The van der Waals surface area contributed by atoms with E-state index in [1.807, 2.05) is 48.5 Å². The monoisotopic (exact) mass is 421 g/mol. The first-order chi connectivity index (χ1) is 14.6. The highest BCUT2D eigenvalue weighted by Gasteiger charge is 2.15. The Morgan fingerprint density at radius 1 is 0.967 bits per heavy atom. The predicted molar refractivity (Wildman–Crippen MR) is 119 cm³/mol. The first-order valence-corrected chi connectivity index (χ1v) is 9.71. The minimum absolute atomic E-state index is 0.181. The van der Waals surface area contributed by atoms with Crippen LogP contribution in [0.4, 0.5) is 0 Å². The second-order valence-electron chi connectivity index (χ2n) is 6.62. The van der Waals surface area contributed by atoms with Crippen LogP contribution in [0.5, 0.6) is 11.5 Å². The van der Waals surface area contributed by atoms with Crippen molar-refractivity contribution in [1.29, 1.82) is 0 Å². The Balaban J connectivity index is 1.84. The van der Waals surface area contributed by atoms with E-state index in [0.717, 1.165) is 11.1 Å². The van der Waals surface area contributed by atoms with E-state index < -0.39 is 0 Å². The van der Waals surface area contributed by atoms with Crippen molar-refractivity contribution in [2.75, 3.05) is 19.6 Å². The van der Waals surface area contributed by atoms with E-state index >= 15 is 0 Å². The number of benzene rings is 3. The van der Waals surface area contributed by atoms with Crippen LogP contribution < -0.4 is 20.5 Å². The number of nitrogens with one attached hydrogen (secondary N) is 1. The summed E-state index contributed by atoms with van der Waals surface area (Å²) in [6.45, 7) is 0.428. The van der Waals surface area contributed by atoms with Gasteiger partial charge >= 0.3 is 0 Å². The molecule has 0 radical (unpaired) electrons. The summed E-state index contributed by atoms with van der Waals surface area (Å²) in [6.07, 6.45) is 0. The standard InChI is InChI=1S/C23H20ClN3O3/c1-29-20-12-9-16(13-21(20)30-2)22-26-19-6-4-3-5-18(19)23(28)27(22)25-14-15-7-10-17(24)11-8-15/h3-13,25H,14H2,1-2H3. The highest BCUT2D eigenvalue weighted by molar-refractivity contribution is 6.30. The van der Waals surface area contributed by atoms with Gasteiger partial charge in [-0.15, -0.1) is 0 Å². The van der Waals surface area contributed by atoms with E-state index in [-0.39, 0.29) is 5.56 Å². The highest BCUT2D eigenvalue weighted by atomic mass is 35.5. The molecule has 7 heteroatoms. The van der Waals surface area contributed by atoms with E-state index in [1.165, 1.54) is 4.68 Å². The number of hydrogen-bond donors (Lipinski definition) is 1. The Labute approximate surface area is 178 Å². The van der Waals surface area contributed by atoms with Crippen LogP contribution >= 0.6 is 11.6 Å². The maximum Gasteiger partial charge on any atom is 0.280 e. The van der Waals surface area contributed by atoms with Gasteiger partial charge in [-0.3, -0.25) is 4.79 Å². The van der Waals surface area contributed by atoms with E-state index in [1.54, 1.807) is 32.4 Å². The van der Waals surface area contributed by atoms with E-state index in [4.69, 9.17) is 26.1 Å². The zero-order valence-electron chi connectivity index (χ0n) is 16.6. The third-order valence-corrected chi connectivity index (χ3v) is 5.02. The van der Waals surface area contributed by atoms with Crippen molar-refractivity contribution in [2.24, 2.45) is 0 Å². The van der Waals surface area contributed by atoms with Crippen molar-refractivity contribution in [2.45, 2.75) is 6.54 Å². The van der Waals surface area contributed by atoms with E-state index in [0.29, 0.717) is 39.8 Å². The summed E-state index contributed by atoms with van der Waals surface area (Å²) >= 11 is 5.97. The first kappa shape index (κ1) is 19.8. The van der Waals surface area contributed by atoms with Crippen molar-refractivity contribution in [1.82, 2.24) is 9.66 Å². The molecule has 30 heavy (non-hydrogen) atoms. The van der Waals surface area contributed by atoms with Gasteiger partial charge in [-0.2, -0.15) is 0 Å². The number of ether oxygens (including phenoxy) is 2. The molecule has 6 nitrogen and oxygen atoms in total. The zero-order valence-corrected chi connectivity index (χ0v) is 17.3. The van der Waals surface area contributed by atoms with Crippen LogP contribution in [0.15, 0.2) is 71.5 Å². The number of nitrogens with zero attached hydrogens (tertiary/aromatic N) is 2. The third-order valence-electron chi connectivity index (χ3n) is 4.77. The van der Waals surface area contributed by atoms with Crippen LogP contribution in [0.1, 0.15) is 5.56 Å². The lowest BCUT2D eigenvalue weighted by atomic mass is 10.1. The molecule has 1 aromatic heterocycles. The average molecular weight is 422 g/mol. The van der Waals surface area contributed by atoms with Crippen molar-refractivity contribution < 1.29 is 9.47 Å². The van der Waals surface area contributed by atoms with Gasteiger partial charge in [-0.05, 0) is 48.0 Å². The fourth-order valence-electron chi connectivity index (χ4n) is 3.22. The van der Waals surface area contributed by atoms with Gasteiger partial charge in [-0.25, -0.2) is 9.66 Å². The molecule has 1 N–H and O–H groups in total. The van der Waals surface area contributed by atoms with Crippen molar-refractivity contribution >= 4 is 22.5 Å². The molecule has 3 aromatic carbocycles. The Morgan fingerprint density at radius 2 is 1.70 bits per heavy atom. The van der Waals surface area contributed by atoms with Gasteiger partial charge in [0.15, 0.2) is 17.3 Å². The molecule has 0 saturated carbocycles. The summed E-state index contributed by atoms with van der Waals surface area (Å²) in [5.74, 6) is 1.64. The highest BCUT2D eigenvalue weighted by Crippen LogP contribution is 2.31. The number of halogens is 1. The molecule has 0 unspecified atom stereocenters. The molecule has 0 amide bonds. The zero-order chi connectivity index (χ0) is 21.1. The van der Waals surface area contributed by atoms with Crippen LogP contribution in [-0.4, -0.2) is 23.9 Å². The summed E-state index contributed by atoms with van der Waals surface area (Å²) < 4.78 is 12.2. The third kappa shape index (κ3) is 3.82. The van der Waals surface area contributed by atoms with E-state index in [2.05, 4.69) is 5.43 Å². The van der Waals surface area contributed by atoms with Gasteiger partial charge in [0.1, 0.15) is 0 Å². The van der Waals surface area contributed by atoms with Gasteiger partial charge < -0.3 is 14.9 Å². The minimum atomic E-state index is -0.181. The molecule has 0 aliphatic carbocycles. The molecular formula is C23H20ClN3O3. The average Bonchev–Trinajstić information content (AvgIpc) is 2.79. The SMILES string of the molecule is COc1ccc(-c2nc3ccccc3c(=O)n2NCc2ccc(Cl)cc2)cc1OC. The molecule has 0 fully saturated rings. The summed E-state index contributed by atoms with van der Waals surface area (Å²) in [6, 6.07) is 20.2. The molecule has 0 spiro atoms. The Morgan fingerprint density at radius 3 is 2.43 bits per heavy atom. The lowest BCUT2D eigenvalue weighted by Gasteiger charge is -2.17. The number of methoxy groups -OCH3 is 2. The van der Waals surface area contributed by atoms with Crippen molar-refractivity contribution in [3.8, 4) is 22.9 Å². The molecule has 0 bridgehead atoms. The fraction of sp³-hybridized carbons (Fsp3) is 0.130. The molecular weight excluding hydrogens is 402 g/mol. The lowest BCUT2D eigenvalue weighted by Crippen LogP contribution is -2.31. The van der Waals surface area contributed by atoms with Gasteiger partial charge in [0, 0.05) is 10.6 Å². The van der Waals surface area contributed by atoms with Crippen molar-refractivity contribution in [3.05, 3.63) is 87.7 Å². The first-order valence-electron chi connectivity index (χ1n) is 9.33. The summed E-state index contributed by atoms with van der Waals surface area (Å²) in [5, 5.41) is 1.19. The van der Waals surface area contributed by atoms with Gasteiger partial charge in [0.2, 0.25) is 0 Å². The number of para-hydroxylation sites is 1. The molecule has 0 atom stereocenters. The Bertz CT molecular complexity index is 1250. The van der Waals surface area contributed by atoms with Crippen LogP contribution in [0.2, 0.25) is 5.02 Å². The van der Waals surface area contributed by atoms with Gasteiger partial charge in [-0.1, -0.05) is 35.9 Å². The van der Waals surface area contributed by atoms with Gasteiger partial charge in [0.05, 0.1) is 31.7 Å². The number of fused-ring (bicyclic) bond motifs is 1. The molecule has 4 aromatic rings. The smallest absolute Gasteiger partial charge is 0.280 e. The number of aromatic nitrogens is 2. The molecule has 4 rings (SSSR count). The molecule has 0 aliphatic rings. The van der Waals surface area contributed by atoms with Crippen LogP contribution in [0.25, 0.3) is 22.3 Å². The number of hydrogen-bond acceptors (Lipinski definition) is 5. The molecule has 1 heterocycles. The Kier molecular flexibility index (Phi) is 5.59. The maximum absolute atomic E-state index is 13.3. The normalized spacial score (nSPS) is 10.8. The quantitative estimate of drug-likeness (QED) is 0.497. The molecule has 0 aliphatic heterocycles. The number of rotatable bonds is 6. The van der Waals surface area contributed by atoms with Crippen LogP contribution in [0.3, 0.4) is 0 Å². The van der Waals surface area contributed by atoms with Gasteiger partial charge in [0.25, 0.3) is 5.56 Å².